The molecule has 3 fully saturated rings. The molecular weight excluding hydrogens is 1380 g/mol. The number of carbonyl (C=O) groups excluding carboxylic acids is 4. The van der Waals surface area contributed by atoms with Crippen LogP contribution >= 0.6 is 37.2 Å². The summed E-state index contributed by atoms with van der Waals surface area (Å²) >= 11 is 0. The number of likely N-dealkylation sites (tertiary alicyclic amines) is 2. The lowest BCUT2D eigenvalue weighted by atomic mass is 9.72. The lowest BCUT2D eigenvalue weighted by molar-refractivity contribution is -0.143. The number of hydrogen-bond donors (Lipinski definition) is 2. The minimum absolute atomic E-state index is 0. The van der Waals surface area contributed by atoms with Crippen molar-refractivity contribution in [1.29, 1.82) is 0 Å². The molecule has 548 valence electrons. The average molecular weight is 1470 g/mol. The van der Waals surface area contributed by atoms with Crippen LogP contribution in [0, 0.1) is 5.82 Å². The van der Waals surface area contributed by atoms with E-state index in [0.717, 1.165) is 65.2 Å². The van der Waals surface area contributed by atoms with Crippen LogP contribution in [0.1, 0.15) is 113 Å². The van der Waals surface area contributed by atoms with Crippen LogP contribution in [0.2, 0.25) is 0 Å². The van der Waals surface area contributed by atoms with Crippen molar-refractivity contribution in [2.45, 2.75) is 106 Å². The highest BCUT2D eigenvalue weighted by Gasteiger charge is 2.50. The van der Waals surface area contributed by atoms with E-state index in [2.05, 4.69) is 27.2 Å². The van der Waals surface area contributed by atoms with E-state index in [1.54, 1.807) is 29.0 Å². The maximum Gasteiger partial charge on any atom is 0.416 e. The van der Waals surface area contributed by atoms with Crippen LogP contribution in [0.3, 0.4) is 0 Å². The number of hydroxylamine groups is 2. The molecule has 0 radical (unpaired) electrons. The fourth-order valence-corrected chi connectivity index (χ4v) is 14.1. The predicted molar refractivity (Wildman–Crippen MR) is 378 cm³/mol. The summed E-state index contributed by atoms with van der Waals surface area (Å²) in [6, 6.07) is 38.7. The SMILES string of the molecule is CON(CCCN(C)C(=O)CO[C@H]1Cc2ccccc2C12CCN(CC[C@@]1(c3ccc(F)cc3)CN(C(=O)c3cc(C(F)(F)F)cc(C(F)(F)F)c3)CO1)CC2)C(=O)c1ccc(NCCCCCC(=O)N(C)CCN2CCC(N(C(=O)O)c3ccccc3-c3ccccc3)CC2)cc1.Cl.Cl.Cl. The first kappa shape index (κ1) is 80.8. The largest absolute Gasteiger partial charge is 0.465 e. The van der Waals surface area contributed by atoms with Crippen molar-refractivity contribution in [2.24, 2.45) is 0 Å². The molecule has 0 saturated carbocycles. The van der Waals surface area contributed by atoms with Crippen LogP contribution in [0.5, 0.6) is 0 Å². The third-order valence-corrected chi connectivity index (χ3v) is 19.8. The zero-order valence-corrected chi connectivity index (χ0v) is 59.1. The van der Waals surface area contributed by atoms with E-state index in [4.69, 9.17) is 14.3 Å². The predicted octanol–water partition coefficient (Wildman–Crippen LogP) is 14.1. The molecule has 27 heteroatoms. The van der Waals surface area contributed by atoms with Gasteiger partial charge in [0.1, 0.15) is 24.8 Å². The first-order chi connectivity index (χ1) is 46.9. The summed E-state index contributed by atoms with van der Waals surface area (Å²) in [7, 11) is 4.94. The Kier molecular flexibility index (Phi) is 28.8. The summed E-state index contributed by atoms with van der Waals surface area (Å²) in [5.41, 5.74) is 0.849. The number of halogens is 10. The van der Waals surface area contributed by atoms with Gasteiger partial charge in [-0.25, -0.2) is 14.2 Å². The molecular formula is C74H88Cl3F7N8O9. The number of hydrogen-bond acceptors (Lipinski definition) is 11. The Balaban J connectivity index is 0.00000477. The minimum atomic E-state index is -5.15. The number of carboxylic acid groups (broad SMARTS) is 1. The number of nitrogens with zero attached hydrogens (tertiary/aromatic N) is 7. The van der Waals surface area contributed by atoms with Crippen molar-refractivity contribution >= 4 is 78.3 Å². The first-order valence-corrected chi connectivity index (χ1v) is 33.4. The number of unbranched alkanes of at least 4 members (excludes halogenated alkanes) is 2. The fraction of sp³-hybridized carbons (Fsp3) is 0.446. The van der Waals surface area contributed by atoms with Crippen LogP contribution in [0.25, 0.3) is 11.1 Å². The van der Waals surface area contributed by atoms with E-state index in [0.29, 0.717) is 120 Å². The smallest absolute Gasteiger partial charge is 0.416 e. The number of para-hydroxylation sites is 1. The van der Waals surface area contributed by atoms with Gasteiger partial charge in [-0.3, -0.25) is 28.9 Å². The number of carbonyl (C=O) groups is 5. The number of anilines is 2. The third kappa shape index (κ3) is 20.0. The molecule has 6 aromatic carbocycles. The molecule has 4 aliphatic rings. The third-order valence-electron chi connectivity index (χ3n) is 19.8. The summed E-state index contributed by atoms with van der Waals surface area (Å²) < 4.78 is 110. The van der Waals surface area contributed by atoms with Gasteiger partial charge in [-0.05, 0) is 154 Å². The van der Waals surface area contributed by atoms with Gasteiger partial charge in [-0.1, -0.05) is 91.3 Å². The summed E-state index contributed by atoms with van der Waals surface area (Å²) in [5.74, 6) is -2.09. The van der Waals surface area contributed by atoms with Gasteiger partial charge in [0.25, 0.3) is 11.8 Å². The summed E-state index contributed by atoms with van der Waals surface area (Å²) in [6.07, 6.45) is -4.73. The van der Waals surface area contributed by atoms with Crippen LogP contribution in [0.4, 0.5) is 46.9 Å². The van der Waals surface area contributed by atoms with E-state index in [1.807, 2.05) is 85.9 Å². The normalized spacial score (nSPS) is 17.6. The molecule has 0 bridgehead atoms. The van der Waals surface area contributed by atoms with Crippen LogP contribution in [-0.4, -0.2) is 183 Å². The van der Waals surface area contributed by atoms with Gasteiger partial charge in [-0.15, -0.1) is 37.2 Å². The maximum atomic E-state index is 14.3. The monoisotopic (exact) mass is 1470 g/mol. The quantitative estimate of drug-likeness (QED) is 0.0285. The Morgan fingerprint density at radius 3 is 1.95 bits per heavy atom. The molecule has 2 N–H and O–H groups in total. The standard InChI is InChI=1S/C74H85F7N8O9.3ClH/c1-83(36-14-37-88(96-3)69(93)53-22-28-60(29-23-53)82-35-13-5-8-21-66(90)84(2)43-44-85-38-30-61(31-39-85)89(70(94)95)64-20-12-10-18-62(64)52-15-6-4-7-16-52)67(91)49-97-65-47-54-17-9-11-19-63(54)71(65)32-40-86(41-33-71)42-34-72(56-24-26-59(75)27-25-56)50-87(51-98-72)68(92)55-45-57(73(76,77)78)48-58(46-55)74(79,80)81;;;/h4,6-7,9-12,15-20,22-29,45-46,48,61,65,82H,5,8,13-14,21,30-44,47,49-51H2,1-3H3,(H,94,95);3*1H/t65-,72-;;;/m0.../s1. The van der Waals surface area contributed by atoms with E-state index in [9.17, 15) is 59.8 Å². The molecule has 101 heavy (non-hydrogen) atoms. The minimum Gasteiger partial charge on any atom is -0.465 e. The van der Waals surface area contributed by atoms with Crippen molar-refractivity contribution in [1.82, 2.24) is 29.6 Å². The number of nitrogens with one attached hydrogen (secondary N) is 1. The Morgan fingerprint density at radius 1 is 0.673 bits per heavy atom. The molecule has 1 aliphatic carbocycles. The first-order valence-electron chi connectivity index (χ1n) is 33.4. The highest BCUT2D eigenvalue weighted by atomic mass is 35.5. The lowest BCUT2D eigenvalue weighted by Gasteiger charge is -2.44. The van der Waals surface area contributed by atoms with Gasteiger partial charge < -0.3 is 44.4 Å². The number of benzene rings is 6. The summed E-state index contributed by atoms with van der Waals surface area (Å²) in [6.45, 7) is 4.77. The van der Waals surface area contributed by atoms with E-state index in [1.165, 1.54) is 41.3 Å². The number of fused-ring (bicyclic) bond motifs is 2. The second kappa shape index (κ2) is 36.0. The van der Waals surface area contributed by atoms with Gasteiger partial charge in [0.15, 0.2) is 0 Å². The maximum absolute atomic E-state index is 14.3. The molecule has 3 heterocycles. The second-order valence-electron chi connectivity index (χ2n) is 26.0. The highest BCUT2D eigenvalue weighted by molar-refractivity contribution is 5.96. The Hall–Kier alpha value is -7.55. The molecule has 0 unspecified atom stereocenters. The Bertz CT molecular complexity index is 3690. The molecule has 6 aromatic rings. The lowest BCUT2D eigenvalue weighted by Crippen LogP contribution is -2.50. The van der Waals surface area contributed by atoms with Crippen LogP contribution in [-0.2, 0) is 53.7 Å². The summed E-state index contributed by atoms with van der Waals surface area (Å²) in [5, 5.41) is 15.0. The number of likely N-dealkylation sites (N-methyl/N-ethyl adjacent to an activating group) is 2. The van der Waals surface area contributed by atoms with Crippen molar-refractivity contribution in [3.05, 3.63) is 190 Å². The van der Waals surface area contributed by atoms with E-state index < -0.39 is 64.6 Å². The molecule has 0 aromatic heterocycles. The fourth-order valence-electron chi connectivity index (χ4n) is 14.1. The van der Waals surface area contributed by atoms with Gasteiger partial charge >= 0.3 is 18.4 Å². The van der Waals surface area contributed by atoms with Gasteiger partial charge in [0.05, 0.1) is 43.1 Å². The van der Waals surface area contributed by atoms with E-state index >= 15 is 0 Å². The van der Waals surface area contributed by atoms with Gasteiger partial charge in [0.2, 0.25) is 11.8 Å². The summed E-state index contributed by atoms with van der Waals surface area (Å²) in [4.78, 5) is 82.7. The van der Waals surface area contributed by atoms with Gasteiger partial charge in [-0.2, -0.15) is 26.3 Å². The highest BCUT2D eigenvalue weighted by Crippen LogP contribution is 2.49. The zero-order valence-electron chi connectivity index (χ0n) is 56.7. The topological polar surface area (TPSA) is 168 Å². The van der Waals surface area contributed by atoms with E-state index in [-0.39, 0.29) is 99.3 Å². The number of amides is 5. The van der Waals surface area contributed by atoms with Crippen molar-refractivity contribution in [3.8, 4) is 11.1 Å². The molecule has 3 saturated heterocycles. The van der Waals surface area contributed by atoms with Crippen molar-refractivity contribution in [2.75, 3.05) is 117 Å². The number of alkyl halides is 6. The number of rotatable bonds is 27. The molecule has 2 atom stereocenters. The zero-order chi connectivity index (χ0) is 69.8. The molecule has 17 nitrogen and oxygen atoms in total. The molecule has 1 spiro atoms. The van der Waals surface area contributed by atoms with Crippen LogP contribution < -0.4 is 10.2 Å². The molecule has 5 amide bonds. The number of piperidine rings is 2. The van der Waals surface area contributed by atoms with Crippen molar-refractivity contribution < 1.29 is 74.1 Å². The second-order valence-corrected chi connectivity index (χ2v) is 26.0. The van der Waals surface area contributed by atoms with Crippen molar-refractivity contribution in [3.63, 3.8) is 0 Å². The van der Waals surface area contributed by atoms with Gasteiger partial charge in [0, 0.05) is 100 Å². The Labute approximate surface area is 603 Å². The van der Waals surface area contributed by atoms with Crippen LogP contribution in [0.15, 0.2) is 146 Å². The molecule has 10 rings (SSSR count). The number of ether oxygens (including phenoxy) is 2. The molecule has 3 aliphatic heterocycles. The average Bonchev–Trinajstić information content (AvgIpc) is 1.64. The Morgan fingerprint density at radius 2 is 1.30 bits per heavy atom.